The monoisotopic (exact) mass is 420 g/mol. The van der Waals surface area contributed by atoms with Crippen LogP contribution in [0.25, 0.3) is 10.8 Å². The largest absolute Gasteiger partial charge is 0.463 e. The van der Waals surface area contributed by atoms with Crippen LogP contribution in [0.5, 0.6) is 0 Å². The van der Waals surface area contributed by atoms with E-state index in [0.717, 1.165) is 22.4 Å². The Kier molecular flexibility index (Phi) is 6.07. The number of urea groups is 1. The van der Waals surface area contributed by atoms with Crippen LogP contribution in [0, 0.1) is 6.92 Å². The molecule has 2 N–H and O–H groups in total. The van der Waals surface area contributed by atoms with Gasteiger partial charge >= 0.3 is 12.2 Å². The molecule has 0 aliphatic rings. The Labute approximate surface area is 172 Å². The maximum absolute atomic E-state index is 13.5. The van der Waals surface area contributed by atoms with Gasteiger partial charge in [0, 0.05) is 26.6 Å². The Morgan fingerprint density at radius 1 is 1.10 bits per heavy atom. The first kappa shape index (κ1) is 21.7. The molecule has 8 heteroatoms. The maximum atomic E-state index is 13.5. The number of aryl methyl sites for hydroxylation is 1. The molecule has 0 aliphatic heterocycles. The van der Waals surface area contributed by atoms with E-state index in [1.165, 1.54) is 17.9 Å². The predicted octanol–water partition coefficient (Wildman–Crippen LogP) is 4.72. The number of carbonyl (C=O) groups excluding carboxylic acids is 1. The van der Waals surface area contributed by atoms with E-state index < -0.39 is 30.0 Å². The van der Waals surface area contributed by atoms with Crippen LogP contribution >= 0.6 is 0 Å². The SMILES string of the molecule is Cc1ccc([C@](O)(CCNC(=O)N(C)Cc2ccc3ccccc3c2)C(F)(F)F)o1. The van der Waals surface area contributed by atoms with Gasteiger partial charge in [0.25, 0.3) is 0 Å². The highest BCUT2D eigenvalue weighted by molar-refractivity contribution is 5.83. The first-order valence-corrected chi connectivity index (χ1v) is 9.43. The minimum Gasteiger partial charge on any atom is -0.463 e. The molecule has 30 heavy (non-hydrogen) atoms. The topological polar surface area (TPSA) is 65.7 Å². The Morgan fingerprint density at radius 2 is 1.80 bits per heavy atom. The number of alkyl halides is 3. The highest BCUT2D eigenvalue weighted by Gasteiger charge is 2.56. The average Bonchev–Trinajstić information content (AvgIpc) is 3.13. The van der Waals surface area contributed by atoms with Crippen molar-refractivity contribution in [3.05, 3.63) is 71.7 Å². The van der Waals surface area contributed by atoms with E-state index in [4.69, 9.17) is 4.42 Å². The summed E-state index contributed by atoms with van der Waals surface area (Å²) in [5.74, 6) is -0.335. The molecular formula is C22H23F3N2O3. The molecule has 0 unspecified atom stereocenters. The molecule has 1 atom stereocenters. The predicted molar refractivity (Wildman–Crippen MR) is 107 cm³/mol. The summed E-state index contributed by atoms with van der Waals surface area (Å²) in [6.07, 6.45) is -5.71. The molecule has 5 nitrogen and oxygen atoms in total. The second kappa shape index (κ2) is 8.39. The molecule has 0 spiro atoms. The Bertz CT molecular complexity index is 1030. The van der Waals surface area contributed by atoms with Gasteiger partial charge in [-0.25, -0.2) is 4.79 Å². The number of hydrogen-bond donors (Lipinski definition) is 2. The van der Waals surface area contributed by atoms with Crippen molar-refractivity contribution < 1.29 is 27.5 Å². The van der Waals surface area contributed by atoms with Crippen molar-refractivity contribution >= 4 is 16.8 Å². The van der Waals surface area contributed by atoms with Crippen LogP contribution in [0.2, 0.25) is 0 Å². The highest BCUT2D eigenvalue weighted by Crippen LogP contribution is 2.42. The lowest BCUT2D eigenvalue weighted by Gasteiger charge is -2.29. The van der Waals surface area contributed by atoms with E-state index in [1.54, 1.807) is 7.05 Å². The molecule has 0 fully saturated rings. The van der Waals surface area contributed by atoms with Crippen LogP contribution in [0.15, 0.2) is 59.0 Å². The van der Waals surface area contributed by atoms with Crippen LogP contribution in [-0.4, -0.2) is 35.8 Å². The summed E-state index contributed by atoms with van der Waals surface area (Å²) in [5, 5.41) is 14.8. The lowest BCUT2D eigenvalue weighted by atomic mass is 9.96. The summed E-state index contributed by atoms with van der Waals surface area (Å²) in [6, 6.07) is 15.5. The first-order chi connectivity index (χ1) is 14.1. The second-order valence-electron chi connectivity index (χ2n) is 7.29. The van der Waals surface area contributed by atoms with E-state index in [0.29, 0.717) is 0 Å². The van der Waals surface area contributed by atoms with Crippen LogP contribution in [-0.2, 0) is 12.1 Å². The van der Waals surface area contributed by atoms with E-state index >= 15 is 0 Å². The number of benzene rings is 2. The molecule has 1 aromatic heterocycles. The zero-order valence-corrected chi connectivity index (χ0v) is 16.7. The number of hydrogen-bond acceptors (Lipinski definition) is 3. The molecule has 0 saturated heterocycles. The zero-order chi connectivity index (χ0) is 21.9. The number of amides is 2. The molecule has 3 aromatic rings. The normalized spacial score (nSPS) is 13.8. The standard InChI is InChI=1S/C22H23F3N2O3/c1-15-7-10-19(30-15)21(29,22(23,24)25)11-12-26-20(28)27(2)14-16-8-9-17-5-3-4-6-18(17)13-16/h3-10,13,29H,11-12,14H2,1-2H3,(H,26,28)/t21-/m1/s1. The van der Waals surface area contributed by atoms with Gasteiger partial charge in [-0.15, -0.1) is 0 Å². The molecule has 3 rings (SSSR count). The van der Waals surface area contributed by atoms with Crippen molar-refractivity contribution in [3.63, 3.8) is 0 Å². The van der Waals surface area contributed by atoms with E-state index in [9.17, 15) is 23.1 Å². The molecular weight excluding hydrogens is 397 g/mol. The number of rotatable bonds is 6. The van der Waals surface area contributed by atoms with Gasteiger partial charge in [-0.05, 0) is 41.5 Å². The van der Waals surface area contributed by atoms with Gasteiger partial charge in [-0.1, -0.05) is 36.4 Å². The summed E-state index contributed by atoms with van der Waals surface area (Å²) >= 11 is 0. The first-order valence-electron chi connectivity index (χ1n) is 9.43. The van der Waals surface area contributed by atoms with Crippen molar-refractivity contribution in [2.24, 2.45) is 0 Å². The smallest absolute Gasteiger partial charge is 0.424 e. The Hall–Kier alpha value is -3.00. The third kappa shape index (κ3) is 4.59. The molecule has 2 aromatic carbocycles. The number of fused-ring (bicyclic) bond motifs is 1. The summed E-state index contributed by atoms with van der Waals surface area (Å²) in [7, 11) is 1.55. The summed E-state index contributed by atoms with van der Waals surface area (Å²) in [4.78, 5) is 13.7. The van der Waals surface area contributed by atoms with Crippen molar-refractivity contribution in [3.8, 4) is 0 Å². The van der Waals surface area contributed by atoms with Crippen LogP contribution < -0.4 is 5.32 Å². The number of nitrogens with one attached hydrogen (secondary N) is 1. The molecule has 1 heterocycles. The van der Waals surface area contributed by atoms with Gasteiger partial charge in [0.1, 0.15) is 11.5 Å². The Balaban J connectivity index is 1.60. The number of carbonyl (C=O) groups is 1. The summed E-state index contributed by atoms with van der Waals surface area (Å²) in [5.41, 5.74) is -2.28. The summed E-state index contributed by atoms with van der Waals surface area (Å²) < 4.78 is 45.4. The van der Waals surface area contributed by atoms with Gasteiger partial charge < -0.3 is 19.7 Å². The number of aliphatic hydroxyl groups is 1. The Morgan fingerprint density at radius 3 is 2.43 bits per heavy atom. The van der Waals surface area contributed by atoms with Gasteiger partial charge in [0.05, 0.1) is 0 Å². The molecule has 160 valence electrons. The minimum absolute atomic E-state index is 0.256. The zero-order valence-electron chi connectivity index (χ0n) is 16.7. The third-order valence-corrected chi connectivity index (χ3v) is 4.96. The minimum atomic E-state index is -4.95. The van der Waals surface area contributed by atoms with E-state index in [2.05, 4.69) is 5.32 Å². The fourth-order valence-corrected chi connectivity index (χ4v) is 3.23. The number of halogens is 3. The second-order valence-corrected chi connectivity index (χ2v) is 7.29. The van der Waals surface area contributed by atoms with Crippen LogP contribution in [0.3, 0.4) is 0 Å². The fraction of sp³-hybridized carbons (Fsp3) is 0.318. The van der Waals surface area contributed by atoms with Crippen molar-refractivity contribution in [2.75, 3.05) is 13.6 Å². The molecule has 0 saturated carbocycles. The van der Waals surface area contributed by atoms with Gasteiger partial charge in [-0.2, -0.15) is 13.2 Å². The molecule has 0 aliphatic carbocycles. The number of nitrogens with zero attached hydrogens (tertiary/aromatic N) is 1. The summed E-state index contributed by atoms with van der Waals surface area (Å²) in [6.45, 7) is 1.40. The highest BCUT2D eigenvalue weighted by atomic mass is 19.4. The van der Waals surface area contributed by atoms with Gasteiger partial charge in [-0.3, -0.25) is 0 Å². The quantitative estimate of drug-likeness (QED) is 0.606. The molecule has 0 bridgehead atoms. The van der Waals surface area contributed by atoms with Crippen molar-refractivity contribution in [1.29, 1.82) is 0 Å². The van der Waals surface area contributed by atoms with Gasteiger partial charge in [0.15, 0.2) is 0 Å². The lowest BCUT2D eigenvalue weighted by molar-refractivity contribution is -0.274. The van der Waals surface area contributed by atoms with E-state index in [1.807, 2.05) is 42.5 Å². The van der Waals surface area contributed by atoms with E-state index in [-0.39, 0.29) is 18.8 Å². The van der Waals surface area contributed by atoms with Crippen molar-refractivity contribution in [2.45, 2.75) is 31.7 Å². The molecule has 2 amide bonds. The third-order valence-electron chi connectivity index (χ3n) is 4.96. The van der Waals surface area contributed by atoms with Gasteiger partial charge in [0.2, 0.25) is 5.60 Å². The lowest BCUT2D eigenvalue weighted by Crippen LogP contribution is -2.46. The maximum Gasteiger partial charge on any atom is 0.424 e. The molecule has 0 radical (unpaired) electrons. The fourth-order valence-electron chi connectivity index (χ4n) is 3.23. The average molecular weight is 420 g/mol. The van der Waals surface area contributed by atoms with Crippen LogP contribution in [0.4, 0.5) is 18.0 Å². The van der Waals surface area contributed by atoms with Crippen LogP contribution in [0.1, 0.15) is 23.5 Å². The number of furan rings is 1. The van der Waals surface area contributed by atoms with Crippen molar-refractivity contribution in [1.82, 2.24) is 10.2 Å².